The summed E-state index contributed by atoms with van der Waals surface area (Å²) in [5, 5.41) is 0. The van der Waals surface area contributed by atoms with Gasteiger partial charge in [0, 0.05) is 22.1 Å². The molecule has 4 bridgehead atoms. The first kappa shape index (κ1) is 29.6. The summed E-state index contributed by atoms with van der Waals surface area (Å²) >= 11 is 2.17. The van der Waals surface area contributed by atoms with Gasteiger partial charge in [0.15, 0.2) is 0 Å². The molecule has 3 aliphatic heterocycles. The average Bonchev–Trinajstić information content (AvgIpc) is 2.90. The van der Waals surface area contributed by atoms with Gasteiger partial charge >= 0.3 is 0 Å². The van der Waals surface area contributed by atoms with Gasteiger partial charge < -0.3 is 19.9 Å². The summed E-state index contributed by atoms with van der Waals surface area (Å²) in [5.74, 6) is 3.78. The first-order valence-electron chi connectivity index (χ1n) is 16.4. The summed E-state index contributed by atoms with van der Waals surface area (Å²) in [6.45, 7) is 22.6. The van der Waals surface area contributed by atoms with Gasteiger partial charge in [-0.2, -0.15) is 0 Å². The molecule has 3 heterocycles. The van der Waals surface area contributed by atoms with Gasteiger partial charge in [-0.05, 0) is 93.5 Å². The van der Waals surface area contributed by atoms with Gasteiger partial charge in [0.2, 0.25) is 0 Å². The number of nitrogens with two attached hydrogens (primary N) is 1. The molecule has 40 heavy (non-hydrogen) atoms. The van der Waals surface area contributed by atoms with E-state index in [1.165, 1.54) is 32.1 Å². The first-order chi connectivity index (χ1) is 18.7. The third kappa shape index (κ3) is 3.81. The fraction of sp³-hybridized carbons (Fsp3) is 0.886. The summed E-state index contributed by atoms with van der Waals surface area (Å²) < 4.78 is 20.2. The van der Waals surface area contributed by atoms with E-state index in [0.717, 1.165) is 18.8 Å². The lowest BCUT2D eigenvalue weighted by Gasteiger charge is -2.71. The normalized spacial score (nSPS) is 49.8. The summed E-state index contributed by atoms with van der Waals surface area (Å²) in [4.78, 5) is 0. The highest BCUT2D eigenvalue weighted by atomic mass is 32.2. The molecule has 3 aliphatic carbocycles. The van der Waals surface area contributed by atoms with E-state index in [4.69, 9.17) is 19.9 Å². The van der Waals surface area contributed by atoms with Crippen LogP contribution in [-0.4, -0.2) is 47.1 Å². The summed E-state index contributed by atoms with van der Waals surface area (Å²) in [7, 11) is 0. The van der Waals surface area contributed by atoms with Crippen molar-refractivity contribution in [3.05, 3.63) is 24.0 Å². The molecule has 5 heteroatoms. The van der Waals surface area contributed by atoms with E-state index in [0.29, 0.717) is 36.2 Å². The Morgan fingerprint density at radius 3 is 2.60 bits per heavy atom. The van der Waals surface area contributed by atoms with Crippen LogP contribution in [0.1, 0.15) is 101 Å². The Morgan fingerprint density at radius 2 is 1.90 bits per heavy atom. The van der Waals surface area contributed by atoms with Gasteiger partial charge in [0.25, 0.3) is 0 Å². The Kier molecular flexibility index (Phi) is 7.03. The van der Waals surface area contributed by atoms with Crippen molar-refractivity contribution in [1.29, 1.82) is 0 Å². The molecule has 4 nitrogen and oxygen atoms in total. The van der Waals surface area contributed by atoms with E-state index in [9.17, 15) is 0 Å². The number of rotatable bonds is 6. The van der Waals surface area contributed by atoms with Crippen molar-refractivity contribution in [3.8, 4) is 0 Å². The predicted molar refractivity (Wildman–Crippen MR) is 166 cm³/mol. The molecule has 11 atom stereocenters. The molecular formula is C35H57NO3S. The smallest absolute Gasteiger partial charge is 0.112 e. The topological polar surface area (TPSA) is 53.7 Å². The molecule has 1 spiro atoms. The van der Waals surface area contributed by atoms with Crippen LogP contribution in [0.15, 0.2) is 24.0 Å². The number of hydrogen-bond acceptors (Lipinski definition) is 5. The number of fused-ring (bicyclic) bond motifs is 3. The Labute approximate surface area is 249 Å². The molecule has 6 unspecified atom stereocenters. The molecule has 4 fully saturated rings. The van der Waals surface area contributed by atoms with Crippen LogP contribution in [0.4, 0.5) is 0 Å². The lowest BCUT2D eigenvalue weighted by atomic mass is 9.40. The quantitative estimate of drug-likeness (QED) is 0.330. The van der Waals surface area contributed by atoms with E-state index in [1.807, 2.05) is 0 Å². The Bertz CT molecular complexity index is 1070. The van der Waals surface area contributed by atoms with Crippen molar-refractivity contribution in [2.75, 3.05) is 19.0 Å². The highest BCUT2D eigenvalue weighted by molar-refractivity contribution is 8.01. The summed E-state index contributed by atoms with van der Waals surface area (Å²) in [6.07, 6.45) is 15.0. The van der Waals surface area contributed by atoms with Crippen LogP contribution in [-0.2, 0) is 14.2 Å². The monoisotopic (exact) mass is 571 g/mol. The van der Waals surface area contributed by atoms with Crippen molar-refractivity contribution >= 4 is 11.8 Å². The van der Waals surface area contributed by atoms with Crippen LogP contribution in [0.25, 0.3) is 0 Å². The standard InChI is InChI=1S/C35H57NO3S/c1-22(2)24(5)34-15-14-31(8)26-10-11-28-30(7)20-37-25(6)35(28,27(26)12-13-33(31,19-34)16-17-39-34)40-18-29(30)38-21-32(9,36)23(3)4/h12,16-17,22-26,28-29H,10-11,13-15,18-21,36H2,1-9H3/t24-,25?,26?,28?,29?,30+,31?,32+,33-,34-,35?/m1/s1. The Morgan fingerprint density at radius 1 is 1.15 bits per heavy atom. The zero-order valence-corrected chi connectivity index (χ0v) is 27.7. The fourth-order valence-corrected chi connectivity index (χ4v) is 12.4. The Balaban J connectivity index is 1.34. The highest BCUT2D eigenvalue weighted by Gasteiger charge is 2.71. The van der Waals surface area contributed by atoms with Gasteiger partial charge in [-0.15, -0.1) is 11.8 Å². The van der Waals surface area contributed by atoms with Gasteiger partial charge in [-0.3, -0.25) is 0 Å². The fourth-order valence-electron chi connectivity index (χ4n) is 10.2. The summed E-state index contributed by atoms with van der Waals surface area (Å²) in [5.41, 5.74) is 8.53. The average molecular weight is 572 g/mol. The van der Waals surface area contributed by atoms with Gasteiger partial charge in [0.1, 0.15) is 5.60 Å². The molecule has 226 valence electrons. The molecule has 2 N–H and O–H groups in total. The number of ether oxygens (including phenoxy) is 3. The van der Waals surface area contributed by atoms with E-state index >= 15 is 0 Å². The molecule has 0 aromatic rings. The molecule has 2 saturated carbocycles. The van der Waals surface area contributed by atoms with E-state index < -0.39 is 0 Å². The van der Waals surface area contributed by atoms with Crippen LogP contribution >= 0.6 is 11.8 Å². The molecule has 0 radical (unpaired) electrons. The molecule has 6 rings (SSSR count). The lowest BCUT2D eigenvalue weighted by Crippen LogP contribution is -2.71. The minimum atomic E-state index is -0.314. The van der Waals surface area contributed by atoms with Crippen LogP contribution in [0.5, 0.6) is 0 Å². The maximum atomic E-state index is 6.78. The number of thioether (sulfide) groups is 1. The summed E-state index contributed by atoms with van der Waals surface area (Å²) in [6, 6.07) is 0. The van der Waals surface area contributed by atoms with E-state index in [1.54, 1.807) is 5.57 Å². The second-order valence-electron chi connectivity index (χ2n) is 16.3. The predicted octanol–water partition coefficient (Wildman–Crippen LogP) is 7.76. The van der Waals surface area contributed by atoms with Crippen molar-refractivity contribution in [3.63, 3.8) is 0 Å². The zero-order valence-electron chi connectivity index (χ0n) is 26.8. The van der Waals surface area contributed by atoms with Crippen LogP contribution in [0.2, 0.25) is 0 Å². The lowest BCUT2D eigenvalue weighted by molar-refractivity contribution is -0.195. The van der Waals surface area contributed by atoms with E-state index in [2.05, 4.69) is 92.5 Å². The molecule has 0 amide bonds. The molecular weight excluding hydrogens is 514 g/mol. The van der Waals surface area contributed by atoms with Crippen LogP contribution < -0.4 is 5.73 Å². The third-order valence-electron chi connectivity index (χ3n) is 14.1. The molecule has 2 saturated heterocycles. The molecule has 0 aromatic carbocycles. The zero-order chi connectivity index (χ0) is 28.9. The van der Waals surface area contributed by atoms with Crippen molar-refractivity contribution in [1.82, 2.24) is 0 Å². The van der Waals surface area contributed by atoms with E-state index in [-0.39, 0.29) is 44.3 Å². The molecule has 0 aromatic heterocycles. The maximum absolute atomic E-state index is 6.78. The largest absolute Gasteiger partial charge is 0.495 e. The first-order valence-corrected chi connectivity index (χ1v) is 17.4. The second-order valence-corrected chi connectivity index (χ2v) is 17.6. The Hall–Kier alpha value is -0.490. The van der Waals surface area contributed by atoms with Gasteiger partial charge in [-0.25, -0.2) is 0 Å². The molecule has 6 aliphatic rings. The minimum Gasteiger partial charge on any atom is -0.495 e. The minimum absolute atomic E-state index is 0.0132. The highest BCUT2D eigenvalue weighted by Crippen LogP contribution is 2.74. The second kappa shape index (κ2) is 9.50. The van der Waals surface area contributed by atoms with Gasteiger partial charge in [0.05, 0.1) is 36.4 Å². The number of allylic oxidation sites excluding steroid dienone is 2. The third-order valence-corrected chi connectivity index (χ3v) is 15.8. The van der Waals surface area contributed by atoms with Crippen molar-refractivity contribution < 1.29 is 14.2 Å². The SMILES string of the molecule is CC(C)[C@@H](C)[C@]12CCC3(C)C4CCC5C6(SCC(OC[C@](C)(N)C(C)C)[C@@]5(C)COC6C)C4=CC[C@@]3(C=CO1)C2. The van der Waals surface area contributed by atoms with Crippen molar-refractivity contribution in [2.24, 2.45) is 51.6 Å². The maximum Gasteiger partial charge on any atom is 0.112 e. The van der Waals surface area contributed by atoms with Crippen molar-refractivity contribution in [2.45, 2.75) is 129 Å². The number of hydrogen-bond donors (Lipinski definition) is 1. The van der Waals surface area contributed by atoms with Crippen LogP contribution in [0, 0.1) is 45.8 Å². The van der Waals surface area contributed by atoms with Crippen LogP contribution in [0.3, 0.4) is 0 Å². The van der Waals surface area contributed by atoms with Gasteiger partial charge in [-0.1, -0.05) is 60.1 Å².